The van der Waals surface area contributed by atoms with E-state index in [4.69, 9.17) is 16.3 Å². The smallest absolute Gasteiger partial charge is 0.422 e. The molecule has 1 aromatic carbocycles. The third-order valence-electron chi connectivity index (χ3n) is 5.06. The lowest BCUT2D eigenvalue weighted by molar-refractivity contribution is -0.191. The fraction of sp³-hybridized carbons (Fsp3) is 0.571. The molecule has 1 fully saturated rings. The molecule has 6 nitrogen and oxygen atoms in total. The Morgan fingerprint density at radius 2 is 1.77 bits per heavy atom. The van der Waals surface area contributed by atoms with E-state index in [-0.39, 0.29) is 19.4 Å². The molecule has 0 unspecified atom stereocenters. The number of hydrogen-bond donors (Lipinski definition) is 1. The average molecular weight is 464 g/mol. The van der Waals surface area contributed by atoms with Crippen LogP contribution in [0.4, 0.5) is 13.2 Å². The zero-order valence-corrected chi connectivity index (χ0v) is 17.8. The summed E-state index contributed by atoms with van der Waals surface area (Å²) in [4.78, 5) is 37.3. The molecule has 0 spiro atoms. The van der Waals surface area contributed by atoms with Crippen LogP contribution in [0.25, 0.3) is 0 Å². The molecule has 0 bridgehead atoms. The molecule has 10 heteroatoms. The van der Waals surface area contributed by atoms with Crippen LogP contribution in [-0.4, -0.2) is 37.2 Å². The normalized spacial score (nSPS) is 19.9. The molecule has 0 aromatic heterocycles. The third kappa shape index (κ3) is 7.72. The van der Waals surface area contributed by atoms with Crippen molar-refractivity contribution in [2.24, 2.45) is 11.8 Å². The SMILES string of the molecule is CCOC(=O)C[C@H](NC(=O)[C@H]1CCCC[C@@H]1C(=O)OCC(F)(F)F)c1ccccc1Cl. The summed E-state index contributed by atoms with van der Waals surface area (Å²) in [5, 5.41) is 3.07. The molecule has 172 valence electrons. The third-order valence-corrected chi connectivity index (χ3v) is 5.40. The average Bonchev–Trinajstić information content (AvgIpc) is 2.71. The van der Waals surface area contributed by atoms with Gasteiger partial charge in [-0.25, -0.2) is 0 Å². The Balaban J connectivity index is 2.16. The van der Waals surface area contributed by atoms with Crippen LogP contribution >= 0.6 is 11.6 Å². The minimum Gasteiger partial charge on any atom is -0.466 e. The van der Waals surface area contributed by atoms with Gasteiger partial charge in [-0.15, -0.1) is 0 Å². The van der Waals surface area contributed by atoms with Crippen molar-refractivity contribution in [1.29, 1.82) is 0 Å². The molecule has 2 rings (SSSR count). The summed E-state index contributed by atoms with van der Waals surface area (Å²) in [7, 11) is 0. The van der Waals surface area contributed by atoms with Crippen LogP contribution in [0.15, 0.2) is 24.3 Å². The van der Waals surface area contributed by atoms with Crippen LogP contribution in [-0.2, 0) is 23.9 Å². The maximum Gasteiger partial charge on any atom is 0.422 e. The minimum absolute atomic E-state index is 0.164. The lowest BCUT2D eigenvalue weighted by Crippen LogP contribution is -2.42. The number of hydrogen-bond acceptors (Lipinski definition) is 5. The summed E-state index contributed by atoms with van der Waals surface area (Å²) in [6, 6.07) is 5.85. The van der Waals surface area contributed by atoms with Gasteiger partial charge < -0.3 is 14.8 Å². The first kappa shape index (κ1) is 25.0. The van der Waals surface area contributed by atoms with E-state index in [1.807, 2.05) is 0 Å². The zero-order valence-electron chi connectivity index (χ0n) is 17.0. The predicted molar refractivity (Wildman–Crippen MR) is 106 cm³/mol. The second kappa shape index (κ2) is 11.4. The number of carbonyl (C=O) groups excluding carboxylic acids is 3. The Morgan fingerprint density at radius 3 is 2.39 bits per heavy atom. The Bertz CT molecular complexity index is 787. The second-order valence-electron chi connectivity index (χ2n) is 7.31. The number of rotatable bonds is 8. The highest BCUT2D eigenvalue weighted by Crippen LogP contribution is 2.33. The summed E-state index contributed by atoms with van der Waals surface area (Å²) < 4.78 is 46.6. The highest BCUT2D eigenvalue weighted by molar-refractivity contribution is 6.31. The van der Waals surface area contributed by atoms with E-state index in [0.29, 0.717) is 29.8 Å². The number of esters is 2. The van der Waals surface area contributed by atoms with Gasteiger partial charge >= 0.3 is 18.1 Å². The molecular formula is C21H25ClF3NO5. The van der Waals surface area contributed by atoms with E-state index in [9.17, 15) is 27.6 Å². The van der Waals surface area contributed by atoms with Gasteiger partial charge in [-0.1, -0.05) is 42.6 Å². The maximum absolute atomic E-state index is 13.0. The largest absolute Gasteiger partial charge is 0.466 e. The van der Waals surface area contributed by atoms with Crippen LogP contribution in [0, 0.1) is 11.8 Å². The Kier molecular flexibility index (Phi) is 9.15. The number of carbonyl (C=O) groups is 3. The van der Waals surface area contributed by atoms with Crippen molar-refractivity contribution in [2.45, 2.75) is 51.2 Å². The van der Waals surface area contributed by atoms with Crippen LogP contribution in [0.1, 0.15) is 50.6 Å². The first-order valence-corrected chi connectivity index (χ1v) is 10.4. The van der Waals surface area contributed by atoms with Crippen LogP contribution in [0.3, 0.4) is 0 Å². The molecule has 1 aromatic rings. The Hall–Kier alpha value is -2.29. The molecule has 1 N–H and O–H groups in total. The molecule has 1 saturated carbocycles. The Labute approximate surface area is 183 Å². The van der Waals surface area contributed by atoms with Crippen LogP contribution in [0.2, 0.25) is 5.02 Å². The van der Waals surface area contributed by atoms with Crippen molar-refractivity contribution in [1.82, 2.24) is 5.32 Å². The van der Waals surface area contributed by atoms with Gasteiger partial charge in [-0.2, -0.15) is 13.2 Å². The predicted octanol–water partition coefficient (Wildman–Crippen LogP) is 4.36. The van der Waals surface area contributed by atoms with E-state index in [1.54, 1.807) is 31.2 Å². The van der Waals surface area contributed by atoms with Crippen molar-refractivity contribution >= 4 is 29.4 Å². The zero-order chi connectivity index (χ0) is 23.0. The van der Waals surface area contributed by atoms with E-state index in [0.717, 1.165) is 0 Å². The number of benzene rings is 1. The van der Waals surface area contributed by atoms with Gasteiger partial charge in [-0.3, -0.25) is 14.4 Å². The first-order chi connectivity index (χ1) is 14.6. The number of halogens is 4. The van der Waals surface area contributed by atoms with Gasteiger partial charge in [0.05, 0.1) is 30.9 Å². The highest BCUT2D eigenvalue weighted by Gasteiger charge is 2.39. The van der Waals surface area contributed by atoms with E-state index in [2.05, 4.69) is 10.1 Å². The lowest BCUT2D eigenvalue weighted by atomic mass is 9.78. The monoisotopic (exact) mass is 463 g/mol. The Morgan fingerprint density at radius 1 is 1.13 bits per heavy atom. The quantitative estimate of drug-likeness (QED) is 0.579. The highest BCUT2D eigenvalue weighted by atomic mass is 35.5. The van der Waals surface area contributed by atoms with E-state index >= 15 is 0 Å². The van der Waals surface area contributed by atoms with E-state index in [1.165, 1.54) is 0 Å². The maximum atomic E-state index is 13.0. The van der Waals surface area contributed by atoms with Gasteiger partial charge in [-0.05, 0) is 31.4 Å². The van der Waals surface area contributed by atoms with E-state index < -0.39 is 48.5 Å². The summed E-state index contributed by atoms with van der Waals surface area (Å²) in [6.45, 7) is 0.125. The van der Waals surface area contributed by atoms with Gasteiger partial charge in [0.1, 0.15) is 0 Å². The molecular weight excluding hydrogens is 439 g/mol. The fourth-order valence-corrected chi connectivity index (χ4v) is 3.92. The number of nitrogens with one attached hydrogen (secondary N) is 1. The van der Waals surface area contributed by atoms with Gasteiger partial charge in [0.25, 0.3) is 0 Å². The molecule has 0 radical (unpaired) electrons. The van der Waals surface area contributed by atoms with Crippen molar-refractivity contribution in [2.75, 3.05) is 13.2 Å². The standard InChI is InChI=1S/C21H25ClF3NO5/c1-2-30-18(27)11-17(15-9-5-6-10-16(15)22)26-19(28)13-7-3-4-8-14(13)20(29)31-12-21(23,24)25/h5-6,9-10,13-14,17H,2-4,7-8,11-12H2,1H3,(H,26,28)/t13-,14-,17-/m0/s1. The minimum atomic E-state index is -4.64. The van der Waals surface area contributed by atoms with Gasteiger partial charge in [0.2, 0.25) is 5.91 Å². The molecule has 31 heavy (non-hydrogen) atoms. The first-order valence-electron chi connectivity index (χ1n) is 10.1. The van der Waals surface area contributed by atoms with Crippen molar-refractivity contribution in [3.63, 3.8) is 0 Å². The van der Waals surface area contributed by atoms with Crippen molar-refractivity contribution in [3.8, 4) is 0 Å². The van der Waals surface area contributed by atoms with Crippen molar-refractivity contribution < 1.29 is 37.0 Å². The lowest BCUT2D eigenvalue weighted by Gasteiger charge is -2.30. The summed E-state index contributed by atoms with van der Waals surface area (Å²) in [6.07, 6.45) is -2.99. The molecule has 0 heterocycles. The molecule has 0 aliphatic heterocycles. The molecule has 0 saturated heterocycles. The number of ether oxygens (including phenoxy) is 2. The van der Waals surface area contributed by atoms with Crippen LogP contribution in [0.5, 0.6) is 0 Å². The fourth-order valence-electron chi connectivity index (χ4n) is 3.65. The number of amides is 1. The summed E-state index contributed by atoms with van der Waals surface area (Å²) in [5.74, 6) is -3.97. The molecule has 1 aliphatic rings. The second-order valence-corrected chi connectivity index (χ2v) is 7.72. The summed E-state index contributed by atoms with van der Waals surface area (Å²) >= 11 is 6.23. The van der Waals surface area contributed by atoms with Gasteiger partial charge in [0, 0.05) is 5.02 Å². The summed E-state index contributed by atoms with van der Waals surface area (Å²) in [5.41, 5.74) is 0.498. The topological polar surface area (TPSA) is 81.7 Å². The number of alkyl halides is 3. The van der Waals surface area contributed by atoms with Crippen molar-refractivity contribution in [3.05, 3.63) is 34.9 Å². The molecule has 3 atom stereocenters. The van der Waals surface area contributed by atoms with Gasteiger partial charge in [0.15, 0.2) is 6.61 Å². The molecule has 1 amide bonds. The molecule has 1 aliphatic carbocycles. The van der Waals surface area contributed by atoms with Crippen LogP contribution < -0.4 is 5.32 Å².